The van der Waals surface area contributed by atoms with Gasteiger partial charge >= 0.3 is 0 Å². The van der Waals surface area contributed by atoms with Gasteiger partial charge in [-0.3, -0.25) is 4.79 Å². The zero-order chi connectivity index (χ0) is 12.4. The van der Waals surface area contributed by atoms with Crippen molar-refractivity contribution in [1.82, 2.24) is 4.90 Å². The fourth-order valence-corrected chi connectivity index (χ4v) is 3.85. The van der Waals surface area contributed by atoms with Crippen LogP contribution < -0.4 is 0 Å². The molecule has 94 valence electrons. The van der Waals surface area contributed by atoms with Gasteiger partial charge in [-0.1, -0.05) is 6.92 Å². The Balaban J connectivity index is 2.21. The zero-order valence-corrected chi connectivity index (χ0v) is 12.1. The number of thiophene rings is 1. The van der Waals surface area contributed by atoms with Gasteiger partial charge in [0.25, 0.3) is 5.91 Å². The lowest BCUT2D eigenvalue weighted by Gasteiger charge is -2.38. The summed E-state index contributed by atoms with van der Waals surface area (Å²) in [6, 6.07) is 1.85. The minimum Gasteiger partial charge on any atom is -0.394 e. The Hall–Kier alpha value is -0.390. The normalized spacial score (nSPS) is 25.0. The van der Waals surface area contributed by atoms with Crippen molar-refractivity contribution in [3.63, 3.8) is 0 Å². The molecule has 1 aromatic rings. The van der Waals surface area contributed by atoms with E-state index in [2.05, 4.69) is 22.9 Å². The molecule has 5 heteroatoms. The molecule has 1 aromatic heterocycles. The van der Waals surface area contributed by atoms with E-state index in [-0.39, 0.29) is 18.6 Å². The van der Waals surface area contributed by atoms with Gasteiger partial charge in [0.15, 0.2) is 0 Å². The quantitative estimate of drug-likeness (QED) is 0.911. The minimum absolute atomic E-state index is 0.0368. The van der Waals surface area contributed by atoms with Crippen LogP contribution in [0.15, 0.2) is 15.9 Å². The molecule has 0 spiro atoms. The second-order valence-electron chi connectivity index (χ2n) is 4.47. The number of rotatable bonds is 2. The number of carbonyl (C=O) groups is 1. The molecule has 2 rings (SSSR count). The van der Waals surface area contributed by atoms with Crippen molar-refractivity contribution in [2.45, 2.75) is 25.8 Å². The van der Waals surface area contributed by atoms with E-state index < -0.39 is 0 Å². The van der Waals surface area contributed by atoms with Gasteiger partial charge in [0, 0.05) is 11.0 Å². The lowest BCUT2D eigenvalue weighted by Crippen LogP contribution is -2.49. The summed E-state index contributed by atoms with van der Waals surface area (Å²) in [5.41, 5.74) is 0. The van der Waals surface area contributed by atoms with Crippen LogP contribution in [0.5, 0.6) is 0 Å². The molecule has 3 nitrogen and oxygen atoms in total. The van der Waals surface area contributed by atoms with Gasteiger partial charge < -0.3 is 10.0 Å². The van der Waals surface area contributed by atoms with E-state index in [9.17, 15) is 9.90 Å². The number of aliphatic hydroxyl groups excluding tert-OH is 1. The summed E-state index contributed by atoms with van der Waals surface area (Å²) in [6.45, 7) is 2.90. The van der Waals surface area contributed by atoms with Crippen LogP contribution in [0, 0.1) is 5.92 Å². The van der Waals surface area contributed by atoms with Crippen molar-refractivity contribution in [3.8, 4) is 0 Å². The third kappa shape index (κ3) is 2.56. The first-order chi connectivity index (χ1) is 8.15. The first-order valence-corrected chi connectivity index (χ1v) is 7.47. The van der Waals surface area contributed by atoms with Crippen molar-refractivity contribution in [3.05, 3.63) is 20.8 Å². The van der Waals surface area contributed by atoms with E-state index in [1.165, 1.54) is 11.3 Å². The van der Waals surface area contributed by atoms with Crippen LogP contribution >= 0.6 is 27.3 Å². The monoisotopic (exact) mass is 317 g/mol. The molecule has 1 aliphatic heterocycles. The van der Waals surface area contributed by atoms with E-state index in [4.69, 9.17) is 0 Å². The van der Waals surface area contributed by atoms with Crippen molar-refractivity contribution in [2.75, 3.05) is 13.2 Å². The Morgan fingerprint density at radius 3 is 3.06 bits per heavy atom. The van der Waals surface area contributed by atoms with Crippen LogP contribution in [0.4, 0.5) is 0 Å². The lowest BCUT2D eigenvalue weighted by atomic mass is 9.91. The van der Waals surface area contributed by atoms with E-state index in [0.717, 1.165) is 28.7 Å². The number of nitrogens with zero attached hydrogens (tertiary/aromatic N) is 1. The second-order valence-corrected chi connectivity index (χ2v) is 6.24. The summed E-state index contributed by atoms with van der Waals surface area (Å²) in [5, 5.41) is 11.3. The molecule has 2 unspecified atom stereocenters. The predicted molar refractivity (Wildman–Crippen MR) is 72.3 cm³/mol. The average molecular weight is 318 g/mol. The molecule has 1 N–H and O–H groups in total. The number of carbonyl (C=O) groups excluding carboxylic acids is 1. The Bertz CT molecular complexity index is 407. The number of hydrogen-bond acceptors (Lipinski definition) is 3. The summed E-state index contributed by atoms with van der Waals surface area (Å²) in [4.78, 5) is 14.9. The van der Waals surface area contributed by atoms with Gasteiger partial charge in [-0.25, -0.2) is 0 Å². The van der Waals surface area contributed by atoms with Gasteiger partial charge in [-0.2, -0.15) is 0 Å². The summed E-state index contributed by atoms with van der Waals surface area (Å²) < 4.78 is 0.849. The third-order valence-corrected chi connectivity index (χ3v) is 5.20. The number of amides is 1. The van der Waals surface area contributed by atoms with Crippen molar-refractivity contribution < 1.29 is 9.90 Å². The third-order valence-electron chi connectivity index (χ3n) is 3.38. The largest absolute Gasteiger partial charge is 0.394 e. The topological polar surface area (TPSA) is 40.5 Å². The van der Waals surface area contributed by atoms with Gasteiger partial charge in [-0.05, 0) is 46.1 Å². The number of aliphatic hydroxyl groups is 1. The molecule has 0 saturated carbocycles. The van der Waals surface area contributed by atoms with Gasteiger partial charge in [0.1, 0.15) is 4.88 Å². The average Bonchev–Trinajstić information content (AvgIpc) is 2.74. The number of piperidine rings is 1. The molecule has 2 heterocycles. The Labute approximate surface area is 114 Å². The van der Waals surface area contributed by atoms with Crippen molar-refractivity contribution in [2.24, 2.45) is 5.92 Å². The van der Waals surface area contributed by atoms with Crippen LogP contribution in [0.3, 0.4) is 0 Å². The number of likely N-dealkylation sites (tertiary alicyclic amines) is 1. The fourth-order valence-electron chi connectivity index (χ4n) is 2.36. The smallest absolute Gasteiger partial charge is 0.265 e. The Morgan fingerprint density at radius 1 is 1.71 bits per heavy atom. The first-order valence-electron chi connectivity index (χ1n) is 5.80. The van der Waals surface area contributed by atoms with Gasteiger partial charge in [0.2, 0.25) is 0 Å². The minimum atomic E-state index is -0.0368. The molecule has 0 aromatic carbocycles. The van der Waals surface area contributed by atoms with E-state index >= 15 is 0 Å². The number of halogens is 1. The SMILES string of the molecule is CC1CCCN(C(=O)c2sccc2Br)C1CO. The molecule has 17 heavy (non-hydrogen) atoms. The van der Waals surface area contributed by atoms with Crippen LogP contribution in [0.2, 0.25) is 0 Å². The number of hydrogen-bond donors (Lipinski definition) is 1. The highest BCUT2D eigenvalue weighted by Gasteiger charge is 2.32. The summed E-state index contributed by atoms with van der Waals surface area (Å²) in [7, 11) is 0. The van der Waals surface area contributed by atoms with Crippen molar-refractivity contribution >= 4 is 33.2 Å². The Morgan fingerprint density at radius 2 is 2.47 bits per heavy atom. The molecule has 0 aliphatic carbocycles. The summed E-state index contributed by atoms with van der Waals surface area (Å²) >= 11 is 4.84. The maximum atomic E-state index is 12.4. The zero-order valence-electron chi connectivity index (χ0n) is 9.73. The van der Waals surface area contributed by atoms with Crippen LogP contribution in [0.25, 0.3) is 0 Å². The molecule has 2 atom stereocenters. The maximum Gasteiger partial charge on any atom is 0.265 e. The summed E-state index contributed by atoms with van der Waals surface area (Å²) in [5.74, 6) is 0.411. The highest BCUT2D eigenvalue weighted by molar-refractivity contribution is 9.10. The predicted octanol–water partition coefficient (Wildman–Crippen LogP) is 2.74. The van der Waals surface area contributed by atoms with E-state index in [0.29, 0.717) is 5.92 Å². The van der Waals surface area contributed by atoms with E-state index in [1.807, 2.05) is 16.3 Å². The molecule has 1 aliphatic rings. The lowest BCUT2D eigenvalue weighted by molar-refractivity contribution is 0.0362. The Kier molecular flexibility index (Phi) is 4.22. The maximum absolute atomic E-state index is 12.4. The van der Waals surface area contributed by atoms with Crippen LogP contribution in [-0.2, 0) is 0 Å². The second kappa shape index (κ2) is 5.50. The molecule has 1 amide bonds. The van der Waals surface area contributed by atoms with Gasteiger partial charge in [-0.15, -0.1) is 11.3 Å². The molecule has 0 radical (unpaired) electrons. The standard InChI is InChI=1S/C12H16BrNO2S/c1-8-3-2-5-14(10(8)7-15)12(16)11-9(13)4-6-17-11/h4,6,8,10,15H,2-3,5,7H2,1H3. The summed E-state index contributed by atoms with van der Waals surface area (Å²) in [6.07, 6.45) is 2.10. The molecule has 0 bridgehead atoms. The van der Waals surface area contributed by atoms with Crippen LogP contribution in [0.1, 0.15) is 29.4 Å². The van der Waals surface area contributed by atoms with E-state index in [1.54, 1.807) is 0 Å². The highest BCUT2D eigenvalue weighted by Crippen LogP contribution is 2.29. The highest BCUT2D eigenvalue weighted by atomic mass is 79.9. The first kappa shape index (κ1) is 13.1. The fraction of sp³-hybridized carbons (Fsp3) is 0.583. The molecule has 1 saturated heterocycles. The molecular formula is C12H16BrNO2S. The molecular weight excluding hydrogens is 302 g/mol. The van der Waals surface area contributed by atoms with Gasteiger partial charge in [0.05, 0.1) is 12.6 Å². The van der Waals surface area contributed by atoms with Crippen molar-refractivity contribution in [1.29, 1.82) is 0 Å². The van der Waals surface area contributed by atoms with Crippen LogP contribution in [-0.4, -0.2) is 35.1 Å². The molecule has 1 fully saturated rings.